The zero-order valence-corrected chi connectivity index (χ0v) is 14.8. The van der Waals surface area contributed by atoms with Gasteiger partial charge in [-0.1, -0.05) is 0 Å². The third kappa shape index (κ3) is 13.4. The summed E-state index contributed by atoms with van der Waals surface area (Å²) in [6.07, 6.45) is -2.08. The Balaban J connectivity index is 0. The molecule has 146 valence electrons. The Morgan fingerprint density at radius 3 is 2.40 bits per heavy atom. The first-order valence-electron chi connectivity index (χ1n) is 8.37. The van der Waals surface area contributed by atoms with Crippen molar-refractivity contribution in [2.75, 3.05) is 18.1 Å². The first kappa shape index (κ1) is 19.8. The van der Waals surface area contributed by atoms with Gasteiger partial charge in [-0.3, -0.25) is 19.2 Å². The zero-order chi connectivity index (χ0) is 21.2. The molecule has 0 saturated carbocycles. The molecule has 12 heteroatoms. The molecule has 0 aliphatic heterocycles. The number of carboxylic acids is 2. The van der Waals surface area contributed by atoms with E-state index >= 15 is 0 Å². The summed E-state index contributed by atoms with van der Waals surface area (Å²) in [5.74, 6) is -4.45. The molecule has 10 nitrogen and oxygen atoms in total. The predicted octanol–water partition coefficient (Wildman–Crippen LogP) is -1.60. The number of rotatable bonds is 12. The highest BCUT2D eigenvalue weighted by Crippen LogP contribution is 2.06. The van der Waals surface area contributed by atoms with E-state index in [1.165, 1.54) is 0 Å². The molecule has 0 aromatic rings. The van der Waals surface area contributed by atoms with E-state index in [1.54, 1.807) is 0 Å². The van der Waals surface area contributed by atoms with Crippen LogP contribution < -0.4 is 16.4 Å². The number of carboxylic acid groups (broad SMARTS) is 2. The summed E-state index contributed by atoms with van der Waals surface area (Å²) in [4.78, 5) is 45.0. The van der Waals surface area contributed by atoms with Crippen LogP contribution in [-0.2, 0) is 19.2 Å². The van der Waals surface area contributed by atoms with Gasteiger partial charge in [0.2, 0.25) is 11.8 Å². The first-order chi connectivity index (χ1) is 12.3. The van der Waals surface area contributed by atoms with Crippen LogP contribution in [0.5, 0.6) is 0 Å². The summed E-state index contributed by atoms with van der Waals surface area (Å²) in [5.41, 5.74) is 5.28. The van der Waals surface area contributed by atoms with Gasteiger partial charge in [-0.2, -0.15) is 11.8 Å². The molecule has 0 aromatic carbocycles. The Morgan fingerprint density at radius 1 is 1.24 bits per heavy atom. The van der Waals surface area contributed by atoms with Crippen molar-refractivity contribution in [2.45, 2.75) is 37.9 Å². The van der Waals surface area contributed by atoms with Gasteiger partial charge in [-0.15, -0.1) is 12.4 Å². The van der Waals surface area contributed by atoms with Crippen LogP contribution in [-0.4, -0.2) is 75.3 Å². The molecule has 2 amide bonds. The van der Waals surface area contributed by atoms with Crippen molar-refractivity contribution in [1.29, 1.82) is 0 Å². The van der Waals surface area contributed by atoms with Crippen molar-refractivity contribution in [3.63, 3.8) is 0 Å². The molecule has 1 unspecified atom stereocenters. The van der Waals surface area contributed by atoms with E-state index in [1.807, 2.05) is 0 Å². The van der Waals surface area contributed by atoms with Crippen molar-refractivity contribution >= 4 is 47.9 Å². The number of nitrogens with one attached hydrogen (secondary N) is 2. The second kappa shape index (κ2) is 13.7. The number of carbonyl (C=O) groups is 4. The summed E-state index contributed by atoms with van der Waals surface area (Å²) in [5, 5.41) is 31.1. The number of carbonyl (C=O) groups excluding carboxylic acids is 2. The lowest BCUT2D eigenvalue weighted by atomic mass is 10.1. The lowest BCUT2D eigenvalue weighted by Gasteiger charge is -2.18. The number of hydrogen-bond acceptors (Lipinski definition) is 7. The average molecular weight is 405 g/mol. The molecular weight excluding hydrogens is 378 g/mol. The lowest BCUT2D eigenvalue weighted by Crippen LogP contribution is -2.49. The fourth-order valence-electron chi connectivity index (χ4n) is 1.44. The minimum absolute atomic E-state index is 0. The number of nitrogens with two attached hydrogens (primary N) is 1. The molecule has 0 spiro atoms. The SMILES string of the molecule is Cl.[2H]C([2H])([2H])C(O)CSC[C@H](NC(=O)CC[C@H](N)C(=O)O)C(=O)NCC(=O)O. The monoisotopic (exact) mass is 404 g/mol. The second-order valence-electron chi connectivity index (χ2n) is 4.77. The van der Waals surface area contributed by atoms with Gasteiger partial charge >= 0.3 is 11.9 Å². The third-order valence-corrected chi connectivity index (χ3v) is 3.75. The molecule has 25 heavy (non-hydrogen) atoms. The Hall–Kier alpha value is -1.56. The maximum atomic E-state index is 12.0. The summed E-state index contributed by atoms with van der Waals surface area (Å²) < 4.78 is 21.2. The normalized spacial score (nSPS) is 16.0. The van der Waals surface area contributed by atoms with Crippen LogP contribution in [0.2, 0.25) is 0 Å². The van der Waals surface area contributed by atoms with E-state index in [-0.39, 0.29) is 36.8 Å². The summed E-state index contributed by atoms with van der Waals surface area (Å²) in [7, 11) is 0. The standard InChI is InChI=1S/C13H23N3O7S.ClH/c1-7(17)5-24-6-9(12(21)15-4-11(19)20)16-10(18)3-2-8(14)13(22)23;/h7-9,17H,2-6,14H2,1H3,(H,15,21)(H,16,18)(H,19,20)(H,22,23);1H/t7?,8-,9-;/m0./s1/i1D3;. The molecule has 0 aliphatic carbocycles. The minimum Gasteiger partial charge on any atom is -0.480 e. The summed E-state index contributed by atoms with van der Waals surface area (Å²) in [6, 6.07) is -2.45. The third-order valence-electron chi connectivity index (χ3n) is 2.63. The fraction of sp³-hybridized carbons (Fsp3) is 0.692. The van der Waals surface area contributed by atoms with E-state index in [4.69, 9.17) is 20.1 Å². The second-order valence-corrected chi connectivity index (χ2v) is 5.84. The highest BCUT2D eigenvalue weighted by Gasteiger charge is 2.22. The predicted molar refractivity (Wildman–Crippen MR) is 93.7 cm³/mol. The Labute approximate surface area is 159 Å². The van der Waals surface area contributed by atoms with Crippen LogP contribution in [0.1, 0.15) is 23.8 Å². The summed E-state index contributed by atoms with van der Waals surface area (Å²) >= 11 is 0.878. The molecular formula is C13H24ClN3O7S. The number of aliphatic hydroxyl groups is 1. The van der Waals surface area contributed by atoms with Gasteiger partial charge in [0.05, 0.1) is 6.10 Å². The van der Waals surface area contributed by atoms with Crippen molar-refractivity contribution < 1.29 is 38.6 Å². The Bertz CT molecular complexity index is 554. The smallest absolute Gasteiger partial charge is 0.322 e. The Morgan fingerprint density at radius 2 is 1.88 bits per heavy atom. The van der Waals surface area contributed by atoms with E-state index in [0.717, 1.165) is 11.8 Å². The number of thioether (sulfide) groups is 1. The van der Waals surface area contributed by atoms with E-state index in [0.29, 0.717) is 0 Å². The molecule has 0 heterocycles. The largest absolute Gasteiger partial charge is 0.480 e. The number of halogens is 1. The van der Waals surface area contributed by atoms with Crippen LogP contribution in [0.15, 0.2) is 0 Å². The van der Waals surface area contributed by atoms with Crippen LogP contribution in [0.3, 0.4) is 0 Å². The molecule has 0 radical (unpaired) electrons. The molecule has 7 N–H and O–H groups in total. The minimum atomic E-state index is -2.59. The number of hydrogen-bond donors (Lipinski definition) is 6. The van der Waals surface area contributed by atoms with Gasteiger partial charge < -0.3 is 31.7 Å². The van der Waals surface area contributed by atoms with Gasteiger partial charge in [-0.25, -0.2) is 0 Å². The molecule has 0 aliphatic rings. The highest BCUT2D eigenvalue weighted by molar-refractivity contribution is 7.99. The van der Waals surface area contributed by atoms with Crippen molar-refractivity contribution in [3.8, 4) is 0 Å². The van der Waals surface area contributed by atoms with Crippen LogP contribution in [0.4, 0.5) is 0 Å². The zero-order valence-electron chi connectivity index (χ0n) is 16.1. The van der Waals surface area contributed by atoms with Crippen molar-refractivity contribution in [1.82, 2.24) is 10.6 Å². The molecule has 0 bridgehead atoms. The molecule has 0 rings (SSSR count). The molecule has 0 aromatic heterocycles. The van der Waals surface area contributed by atoms with Crippen molar-refractivity contribution in [3.05, 3.63) is 0 Å². The fourth-order valence-corrected chi connectivity index (χ4v) is 2.27. The van der Waals surface area contributed by atoms with Crippen LogP contribution in [0, 0.1) is 0 Å². The average Bonchev–Trinajstić information content (AvgIpc) is 2.55. The van der Waals surface area contributed by atoms with Gasteiger partial charge in [-0.05, 0) is 13.3 Å². The first-order valence-corrected chi connectivity index (χ1v) is 8.03. The van der Waals surface area contributed by atoms with Gasteiger partial charge in [0.15, 0.2) is 0 Å². The number of aliphatic carboxylic acids is 2. The van der Waals surface area contributed by atoms with Crippen molar-refractivity contribution in [2.24, 2.45) is 5.73 Å². The molecule has 0 fully saturated rings. The van der Waals surface area contributed by atoms with Gasteiger partial charge in [0.25, 0.3) is 0 Å². The van der Waals surface area contributed by atoms with Gasteiger partial charge in [0, 0.05) is 22.0 Å². The molecule has 3 atom stereocenters. The van der Waals surface area contributed by atoms with E-state index in [9.17, 15) is 24.3 Å². The number of amides is 2. The molecule has 0 saturated heterocycles. The highest BCUT2D eigenvalue weighted by atomic mass is 35.5. The van der Waals surface area contributed by atoms with Crippen LogP contribution >= 0.6 is 24.2 Å². The quantitative estimate of drug-likeness (QED) is 0.223. The van der Waals surface area contributed by atoms with Gasteiger partial charge in [0.1, 0.15) is 18.6 Å². The maximum Gasteiger partial charge on any atom is 0.322 e. The van der Waals surface area contributed by atoms with Crippen LogP contribution in [0.25, 0.3) is 0 Å². The van der Waals surface area contributed by atoms with E-state index in [2.05, 4.69) is 10.6 Å². The topological polar surface area (TPSA) is 179 Å². The summed E-state index contributed by atoms with van der Waals surface area (Å²) in [6.45, 7) is -3.28. The lowest BCUT2D eigenvalue weighted by molar-refractivity contribution is -0.139. The van der Waals surface area contributed by atoms with E-state index < -0.39 is 55.3 Å². The Kier molecular flexibility index (Phi) is 10.8. The number of aliphatic hydroxyl groups excluding tert-OH is 1. The maximum absolute atomic E-state index is 12.0.